The van der Waals surface area contributed by atoms with Crippen molar-refractivity contribution in [2.75, 3.05) is 12.4 Å². The molecule has 1 aliphatic carbocycles. The molecule has 1 aromatic carbocycles. The predicted octanol–water partition coefficient (Wildman–Crippen LogP) is 2.07. The molecule has 0 aromatic heterocycles. The Bertz CT molecular complexity index is 534. The number of nitrogens with one attached hydrogen (secondary N) is 1. The van der Waals surface area contributed by atoms with Crippen LogP contribution in [0.4, 0.5) is 0 Å². The summed E-state index contributed by atoms with van der Waals surface area (Å²) in [5.41, 5.74) is 1.27. The number of thioether (sulfide) groups is 1. The molecule has 112 valence electrons. The number of rotatable bonds is 7. The van der Waals surface area contributed by atoms with Crippen molar-refractivity contribution in [1.82, 2.24) is 5.32 Å². The topological polar surface area (TPSA) is 73.1 Å². The summed E-state index contributed by atoms with van der Waals surface area (Å²) in [6, 6.07) is 9.47. The van der Waals surface area contributed by atoms with Gasteiger partial charge in [0.25, 0.3) is 0 Å². The van der Waals surface area contributed by atoms with Gasteiger partial charge >= 0.3 is 0 Å². The molecule has 1 unspecified atom stereocenters. The van der Waals surface area contributed by atoms with Crippen molar-refractivity contribution < 1.29 is 9.90 Å². The number of hydrogen-bond donors (Lipinski definition) is 2. The molecule has 0 bridgehead atoms. The molecule has 0 heterocycles. The summed E-state index contributed by atoms with van der Waals surface area (Å²) in [5, 5.41) is 21.1. The Kier molecular flexibility index (Phi) is 5.27. The second-order valence-corrected chi connectivity index (χ2v) is 6.69. The number of aliphatic hydroxyl groups is 1. The minimum atomic E-state index is -0.466. The first-order valence-corrected chi connectivity index (χ1v) is 8.21. The Morgan fingerprint density at radius 3 is 2.67 bits per heavy atom. The van der Waals surface area contributed by atoms with Crippen molar-refractivity contribution in [3.8, 4) is 6.07 Å². The van der Waals surface area contributed by atoms with Gasteiger partial charge in [-0.3, -0.25) is 4.79 Å². The van der Waals surface area contributed by atoms with E-state index in [-0.39, 0.29) is 12.5 Å². The van der Waals surface area contributed by atoms with Gasteiger partial charge < -0.3 is 10.4 Å². The number of amides is 1. The van der Waals surface area contributed by atoms with Crippen molar-refractivity contribution in [1.29, 1.82) is 5.26 Å². The molecule has 2 N–H and O–H groups in total. The maximum absolute atomic E-state index is 12.0. The molecule has 1 saturated carbocycles. The smallest absolute Gasteiger partial charge is 0.230 e. The highest BCUT2D eigenvalue weighted by Crippen LogP contribution is 2.39. The van der Waals surface area contributed by atoms with Crippen molar-refractivity contribution in [3.05, 3.63) is 35.4 Å². The third-order valence-electron chi connectivity index (χ3n) is 3.82. The molecule has 2 rings (SSSR count). The highest BCUT2D eigenvalue weighted by atomic mass is 32.2. The largest absolute Gasteiger partial charge is 0.394 e. The van der Waals surface area contributed by atoms with E-state index in [2.05, 4.69) is 11.4 Å². The lowest BCUT2D eigenvalue weighted by molar-refractivity contribution is -0.121. The molecule has 4 nitrogen and oxygen atoms in total. The second-order valence-electron chi connectivity index (χ2n) is 5.70. The predicted molar refractivity (Wildman–Crippen MR) is 83.7 cm³/mol. The average molecular weight is 304 g/mol. The number of benzene rings is 1. The number of aliphatic hydroxyl groups excluding tert-OH is 1. The lowest BCUT2D eigenvalue weighted by atomic mass is 9.97. The number of hydrogen-bond acceptors (Lipinski definition) is 4. The summed E-state index contributed by atoms with van der Waals surface area (Å²) in [7, 11) is 0. The Labute approximate surface area is 129 Å². The fourth-order valence-corrected chi connectivity index (χ4v) is 3.07. The van der Waals surface area contributed by atoms with Gasteiger partial charge in [-0.2, -0.15) is 5.26 Å². The minimum Gasteiger partial charge on any atom is -0.394 e. The first-order valence-electron chi connectivity index (χ1n) is 7.06. The van der Waals surface area contributed by atoms with E-state index in [0.29, 0.717) is 17.2 Å². The van der Waals surface area contributed by atoms with Crippen LogP contribution < -0.4 is 5.32 Å². The van der Waals surface area contributed by atoms with Crippen LogP contribution in [0.25, 0.3) is 0 Å². The molecule has 5 heteroatoms. The monoisotopic (exact) mass is 304 g/mol. The summed E-state index contributed by atoms with van der Waals surface area (Å²) in [5.74, 6) is 1.49. The fourth-order valence-electron chi connectivity index (χ4n) is 2.28. The fraction of sp³-hybridized carbons (Fsp3) is 0.500. The molecule has 1 fully saturated rings. The van der Waals surface area contributed by atoms with Crippen LogP contribution in [0, 0.1) is 17.2 Å². The van der Waals surface area contributed by atoms with Crippen LogP contribution in [0.2, 0.25) is 0 Å². The number of carbonyl (C=O) groups excluding carboxylic acids is 1. The van der Waals surface area contributed by atoms with E-state index in [9.17, 15) is 9.90 Å². The van der Waals surface area contributed by atoms with E-state index in [0.717, 1.165) is 24.2 Å². The van der Waals surface area contributed by atoms with Crippen LogP contribution in [-0.4, -0.2) is 28.9 Å². The molecule has 0 spiro atoms. The van der Waals surface area contributed by atoms with E-state index in [1.807, 2.05) is 19.1 Å². The Hall–Kier alpha value is -1.51. The molecular weight excluding hydrogens is 284 g/mol. The summed E-state index contributed by atoms with van der Waals surface area (Å²) in [4.78, 5) is 12.0. The summed E-state index contributed by atoms with van der Waals surface area (Å²) in [6.45, 7) is 1.90. The average Bonchev–Trinajstić information content (AvgIpc) is 3.33. The van der Waals surface area contributed by atoms with Crippen LogP contribution in [-0.2, 0) is 10.5 Å². The van der Waals surface area contributed by atoms with Crippen molar-refractivity contribution in [3.63, 3.8) is 0 Å². The van der Waals surface area contributed by atoms with E-state index in [4.69, 9.17) is 5.26 Å². The van der Waals surface area contributed by atoms with Crippen molar-refractivity contribution in [2.24, 2.45) is 5.92 Å². The van der Waals surface area contributed by atoms with Gasteiger partial charge in [-0.15, -0.1) is 11.8 Å². The standard InChI is InChI=1S/C16H20N2O2S/c1-16(11-19,14-6-7-14)18-15(20)10-21-9-13-4-2-12(8-17)3-5-13/h2-5,14,19H,6-7,9-11H2,1H3,(H,18,20). The second kappa shape index (κ2) is 6.97. The van der Waals surface area contributed by atoms with Crippen LogP contribution in [0.3, 0.4) is 0 Å². The SMILES string of the molecule is CC(CO)(NC(=O)CSCc1ccc(C#N)cc1)C1CC1. The minimum absolute atomic E-state index is 0.0102. The van der Waals surface area contributed by atoms with Gasteiger partial charge in [-0.05, 0) is 43.4 Å². The third-order valence-corrected chi connectivity index (χ3v) is 4.82. The zero-order valence-electron chi connectivity index (χ0n) is 12.1. The molecule has 1 amide bonds. The normalized spacial score (nSPS) is 16.8. The molecule has 1 aromatic rings. The van der Waals surface area contributed by atoms with E-state index >= 15 is 0 Å². The quantitative estimate of drug-likeness (QED) is 0.809. The van der Waals surface area contributed by atoms with Crippen LogP contribution in [0.15, 0.2) is 24.3 Å². The number of carbonyl (C=O) groups is 1. The zero-order chi connectivity index (χ0) is 15.3. The first-order chi connectivity index (χ1) is 10.1. The molecule has 0 saturated heterocycles. The van der Waals surface area contributed by atoms with Gasteiger partial charge in [0.05, 0.1) is 29.5 Å². The van der Waals surface area contributed by atoms with Gasteiger partial charge in [0.2, 0.25) is 5.91 Å². The van der Waals surface area contributed by atoms with Gasteiger partial charge in [0.1, 0.15) is 0 Å². The van der Waals surface area contributed by atoms with Crippen molar-refractivity contribution >= 4 is 17.7 Å². The zero-order valence-corrected chi connectivity index (χ0v) is 12.9. The Morgan fingerprint density at radius 1 is 1.48 bits per heavy atom. The molecule has 21 heavy (non-hydrogen) atoms. The molecule has 0 radical (unpaired) electrons. The van der Waals surface area contributed by atoms with E-state index < -0.39 is 5.54 Å². The number of nitrogens with zero attached hydrogens (tertiary/aromatic N) is 1. The highest BCUT2D eigenvalue weighted by molar-refractivity contribution is 7.99. The summed E-state index contributed by atoms with van der Waals surface area (Å²) >= 11 is 1.53. The van der Waals surface area contributed by atoms with E-state index in [1.165, 1.54) is 11.8 Å². The summed E-state index contributed by atoms with van der Waals surface area (Å²) < 4.78 is 0. The van der Waals surface area contributed by atoms with Gasteiger partial charge in [-0.25, -0.2) is 0 Å². The lowest BCUT2D eigenvalue weighted by Crippen LogP contribution is -2.51. The maximum Gasteiger partial charge on any atom is 0.230 e. The Morgan fingerprint density at radius 2 is 2.14 bits per heavy atom. The van der Waals surface area contributed by atoms with Crippen molar-refractivity contribution in [2.45, 2.75) is 31.1 Å². The molecule has 1 aliphatic rings. The molecular formula is C16H20N2O2S. The Balaban J connectivity index is 1.75. The molecule has 0 aliphatic heterocycles. The van der Waals surface area contributed by atoms with Gasteiger partial charge in [0, 0.05) is 5.75 Å². The van der Waals surface area contributed by atoms with Crippen LogP contribution in [0.5, 0.6) is 0 Å². The van der Waals surface area contributed by atoms with Crippen LogP contribution in [0.1, 0.15) is 30.9 Å². The van der Waals surface area contributed by atoms with Crippen LogP contribution >= 0.6 is 11.8 Å². The highest BCUT2D eigenvalue weighted by Gasteiger charge is 2.41. The molecule has 1 atom stereocenters. The third kappa shape index (κ3) is 4.48. The van der Waals surface area contributed by atoms with Gasteiger partial charge in [0.15, 0.2) is 0 Å². The summed E-state index contributed by atoms with van der Waals surface area (Å²) in [6.07, 6.45) is 2.16. The van der Waals surface area contributed by atoms with E-state index in [1.54, 1.807) is 12.1 Å². The first kappa shape index (κ1) is 15.9. The van der Waals surface area contributed by atoms with Gasteiger partial charge in [-0.1, -0.05) is 12.1 Å². The maximum atomic E-state index is 12.0. The lowest BCUT2D eigenvalue weighted by Gasteiger charge is -2.28. The number of nitriles is 1.